The van der Waals surface area contributed by atoms with Gasteiger partial charge in [0.2, 0.25) is 15.9 Å². The van der Waals surface area contributed by atoms with Crippen molar-refractivity contribution < 1.29 is 13.2 Å². The first-order chi connectivity index (χ1) is 11.8. The average Bonchev–Trinajstić information content (AvgIpc) is 2.60. The largest absolute Gasteiger partial charge is 0.326 e. The van der Waals surface area contributed by atoms with Gasteiger partial charge < -0.3 is 5.32 Å². The predicted molar refractivity (Wildman–Crippen MR) is 101 cm³/mol. The summed E-state index contributed by atoms with van der Waals surface area (Å²) in [5.41, 5.74) is 0.543. The van der Waals surface area contributed by atoms with Gasteiger partial charge in [0.05, 0.1) is 4.90 Å². The monoisotopic (exact) mass is 366 g/mol. The summed E-state index contributed by atoms with van der Waals surface area (Å²) in [6.07, 6.45) is 7.86. The number of hydrogen-bond acceptors (Lipinski definition) is 3. The molecule has 6 heteroatoms. The van der Waals surface area contributed by atoms with Crippen molar-refractivity contribution in [2.45, 2.75) is 56.8 Å². The number of carbonyl (C=O) groups excluding carboxylic acids is 1. The molecule has 1 amide bonds. The highest BCUT2D eigenvalue weighted by molar-refractivity contribution is 7.89. The first-order valence-electron chi connectivity index (χ1n) is 9.18. The molecule has 25 heavy (non-hydrogen) atoms. The molecule has 140 valence electrons. The van der Waals surface area contributed by atoms with E-state index in [-0.39, 0.29) is 16.7 Å². The minimum absolute atomic E-state index is 0.00772. The number of benzene rings is 1. The third-order valence-electron chi connectivity index (χ3n) is 5.06. The molecule has 2 rings (SSSR count). The summed E-state index contributed by atoms with van der Waals surface area (Å²) in [6, 6.07) is 6.47. The maximum atomic E-state index is 12.5. The summed E-state index contributed by atoms with van der Waals surface area (Å²) in [5.74, 6) is 0.804. The second-order valence-electron chi connectivity index (χ2n) is 7.16. The summed E-state index contributed by atoms with van der Waals surface area (Å²) in [6.45, 7) is 2.21. The fraction of sp³-hybridized carbons (Fsp3) is 0.632. The second kappa shape index (κ2) is 8.81. The summed E-state index contributed by atoms with van der Waals surface area (Å²) in [5, 5.41) is 2.90. The van der Waals surface area contributed by atoms with Crippen molar-refractivity contribution in [2.75, 3.05) is 19.4 Å². The summed E-state index contributed by atoms with van der Waals surface area (Å²) in [4.78, 5) is 12.7. The number of sulfonamides is 1. The molecular formula is C19H30N2O3S. The Morgan fingerprint density at radius 2 is 1.88 bits per heavy atom. The van der Waals surface area contributed by atoms with Crippen molar-refractivity contribution in [1.29, 1.82) is 0 Å². The van der Waals surface area contributed by atoms with E-state index in [1.54, 1.807) is 18.2 Å². The second-order valence-corrected chi connectivity index (χ2v) is 9.32. The van der Waals surface area contributed by atoms with Crippen LogP contribution in [0.4, 0.5) is 5.69 Å². The SMILES string of the molecule is CCCCC1CCC(C(=O)Nc2cccc(S(=O)(=O)N(C)C)c2)CC1. The normalized spacial score (nSPS) is 21.3. The lowest BCUT2D eigenvalue weighted by atomic mass is 9.79. The Kier molecular flexibility index (Phi) is 7.02. The van der Waals surface area contributed by atoms with Crippen LogP contribution in [-0.4, -0.2) is 32.7 Å². The van der Waals surface area contributed by atoms with Crippen LogP contribution in [0.25, 0.3) is 0 Å². The van der Waals surface area contributed by atoms with Crippen molar-refractivity contribution in [3.05, 3.63) is 24.3 Å². The van der Waals surface area contributed by atoms with Gasteiger partial charge in [-0.2, -0.15) is 0 Å². The van der Waals surface area contributed by atoms with E-state index in [0.29, 0.717) is 5.69 Å². The van der Waals surface area contributed by atoms with Crippen LogP contribution in [0, 0.1) is 11.8 Å². The molecule has 1 N–H and O–H groups in total. The van der Waals surface area contributed by atoms with Crippen LogP contribution < -0.4 is 5.32 Å². The molecule has 1 saturated carbocycles. The predicted octanol–water partition coefficient (Wildman–Crippen LogP) is 3.87. The minimum Gasteiger partial charge on any atom is -0.326 e. The van der Waals surface area contributed by atoms with E-state index < -0.39 is 10.0 Å². The maximum Gasteiger partial charge on any atom is 0.242 e. The number of nitrogens with one attached hydrogen (secondary N) is 1. The smallest absolute Gasteiger partial charge is 0.242 e. The Balaban J connectivity index is 1.96. The van der Waals surface area contributed by atoms with Gasteiger partial charge >= 0.3 is 0 Å². The molecule has 1 aliphatic carbocycles. The van der Waals surface area contributed by atoms with E-state index in [1.165, 1.54) is 43.7 Å². The van der Waals surface area contributed by atoms with Gasteiger partial charge in [0.1, 0.15) is 0 Å². The zero-order chi connectivity index (χ0) is 18.4. The first-order valence-corrected chi connectivity index (χ1v) is 10.6. The maximum absolute atomic E-state index is 12.5. The highest BCUT2D eigenvalue weighted by Gasteiger charge is 2.26. The fourth-order valence-corrected chi connectivity index (χ4v) is 4.34. The van der Waals surface area contributed by atoms with Gasteiger partial charge in [0.25, 0.3) is 0 Å². The summed E-state index contributed by atoms with van der Waals surface area (Å²) < 4.78 is 25.6. The molecule has 0 saturated heterocycles. The Morgan fingerprint density at radius 1 is 1.20 bits per heavy atom. The van der Waals surface area contributed by atoms with E-state index in [0.717, 1.165) is 31.6 Å². The molecule has 0 aliphatic heterocycles. The van der Waals surface area contributed by atoms with Crippen LogP contribution in [0.5, 0.6) is 0 Å². The van der Waals surface area contributed by atoms with Crippen molar-refractivity contribution >= 4 is 21.6 Å². The third-order valence-corrected chi connectivity index (χ3v) is 6.87. The van der Waals surface area contributed by atoms with Gasteiger partial charge in [0.15, 0.2) is 0 Å². The van der Waals surface area contributed by atoms with Gasteiger partial charge in [-0.05, 0) is 49.8 Å². The van der Waals surface area contributed by atoms with Crippen LogP contribution in [0.3, 0.4) is 0 Å². The third kappa shape index (κ3) is 5.28. The van der Waals surface area contributed by atoms with Gasteiger partial charge in [0, 0.05) is 25.7 Å². The highest BCUT2D eigenvalue weighted by atomic mass is 32.2. The van der Waals surface area contributed by atoms with Crippen LogP contribution in [0.2, 0.25) is 0 Å². The van der Waals surface area contributed by atoms with E-state index in [2.05, 4.69) is 12.2 Å². The zero-order valence-corrected chi connectivity index (χ0v) is 16.3. The Bertz CT molecular complexity index is 678. The van der Waals surface area contributed by atoms with Crippen molar-refractivity contribution in [2.24, 2.45) is 11.8 Å². The van der Waals surface area contributed by atoms with Crippen molar-refractivity contribution in [3.63, 3.8) is 0 Å². The number of unbranched alkanes of at least 4 members (excludes halogenated alkanes) is 1. The fourth-order valence-electron chi connectivity index (χ4n) is 3.40. The van der Waals surface area contributed by atoms with E-state index in [1.807, 2.05) is 0 Å². The molecule has 0 heterocycles. The van der Waals surface area contributed by atoms with Crippen LogP contribution >= 0.6 is 0 Å². The zero-order valence-electron chi connectivity index (χ0n) is 15.5. The summed E-state index contributed by atoms with van der Waals surface area (Å²) in [7, 11) is -0.499. The molecule has 1 aromatic carbocycles. The minimum atomic E-state index is -3.49. The van der Waals surface area contributed by atoms with Gasteiger partial charge in [-0.25, -0.2) is 12.7 Å². The lowest BCUT2D eigenvalue weighted by Gasteiger charge is -2.27. The molecule has 1 aliphatic rings. The Morgan fingerprint density at radius 3 is 2.48 bits per heavy atom. The van der Waals surface area contributed by atoms with Crippen molar-refractivity contribution in [3.8, 4) is 0 Å². The first kappa shape index (κ1) is 19.9. The van der Waals surface area contributed by atoms with E-state index in [4.69, 9.17) is 0 Å². The number of hydrogen-bond donors (Lipinski definition) is 1. The number of amides is 1. The molecule has 0 atom stereocenters. The number of nitrogens with zero attached hydrogens (tertiary/aromatic N) is 1. The Hall–Kier alpha value is -1.40. The molecule has 5 nitrogen and oxygen atoms in total. The lowest BCUT2D eigenvalue weighted by molar-refractivity contribution is -0.121. The van der Waals surface area contributed by atoms with Crippen LogP contribution in [0.1, 0.15) is 51.9 Å². The van der Waals surface area contributed by atoms with Crippen LogP contribution in [-0.2, 0) is 14.8 Å². The molecule has 1 aromatic rings. The Labute approximate surface area is 151 Å². The molecule has 1 fully saturated rings. The van der Waals surface area contributed by atoms with Gasteiger partial charge in [-0.1, -0.05) is 32.3 Å². The lowest BCUT2D eigenvalue weighted by Crippen LogP contribution is -2.27. The van der Waals surface area contributed by atoms with Gasteiger partial charge in [-0.3, -0.25) is 4.79 Å². The van der Waals surface area contributed by atoms with Crippen molar-refractivity contribution in [1.82, 2.24) is 4.31 Å². The average molecular weight is 367 g/mol. The number of carbonyl (C=O) groups is 1. The number of anilines is 1. The van der Waals surface area contributed by atoms with Gasteiger partial charge in [-0.15, -0.1) is 0 Å². The molecule has 0 aromatic heterocycles. The topological polar surface area (TPSA) is 66.5 Å². The van der Waals surface area contributed by atoms with E-state index in [9.17, 15) is 13.2 Å². The van der Waals surface area contributed by atoms with Crippen LogP contribution in [0.15, 0.2) is 29.2 Å². The number of rotatable bonds is 7. The highest BCUT2D eigenvalue weighted by Crippen LogP contribution is 2.32. The standard InChI is InChI=1S/C19H30N2O3S/c1-4-5-7-15-10-12-16(13-11-15)19(22)20-17-8-6-9-18(14-17)25(23,24)21(2)3/h6,8-9,14-16H,4-5,7,10-13H2,1-3H3,(H,20,22). The molecule has 0 spiro atoms. The quantitative estimate of drug-likeness (QED) is 0.796. The van der Waals surface area contributed by atoms with E-state index >= 15 is 0 Å². The molecule has 0 unspecified atom stereocenters. The molecular weight excluding hydrogens is 336 g/mol. The molecule has 0 radical (unpaired) electrons. The molecule has 0 bridgehead atoms. The summed E-state index contributed by atoms with van der Waals surface area (Å²) >= 11 is 0.